The molecule has 0 spiro atoms. The maximum absolute atomic E-state index is 6.90. The minimum atomic E-state index is 0.594. The summed E-state index contributed by atoms with van der Waals surface area (Å²) in [6.07, 6.45) is 6.59. The third-order valence-corrected chi connectivity index (χ3v) is 10.9. The lowest BCUT2D eigenvalue weighted by Gasteiger charge is -2.13. The van der Waals surface area contributed by atoms with Crippen LogP contribution < -0.4 is 0 Å². The molecule has 264 valence electrons. The highest BCUT2D eigenvalue weighted by Crippen LogP contribution is 2.42. The number of aromatic nitrogens is 4. The van der Waals surface area contributed by atoms with Crippen LogP contribution in [0.4, 0.5) is 0 Å². The Kier molecular flexibility index (Phi) is 7.56. The lowest BCUT2D eigenvalue weighted by molar-refractivity contribution is 0.665. The van der Waals surface area contributed by atoms with Gasteiger partial charge in [-0.25, -0.2) is 15.0 Å². The van der Waals surface area contributed by atoms with Crippen LogP contribution in [0.3, 0.4) is 0 Å². The Labute approximate surface area is 323 Å². The molecule has 0 aliphatic heterocycles. The molecule has 3 aromatic heterocycles. The second-order valence-corrected chi connectivity index (χ2v) is 14.3. The van der Waals surface area contributed by atoms with Gasteiger partial charge in [0.15, 0.2) is 23.1 Å². The van der Waals surface area contributed by atoms with Gasteiger partial charge in [-0.1, -0.05) is 152 Å². The molecule has 0 radical (unpaired) electrons. The average molecular weight is 719 g/mol. The predicted octanol–water partition coefficient (Wildman–Crippen LogP) is 13.0. The molecule has 0 saturated carbocycles. The molecule has 56 heavy (non-hydrogen) atoms. The van der Waals surface area contributed by atoms with Crippen molar-refractivity contribution in [3.63, 3.8) is 0 Å². The lowest BCUT2D eigenvalue weighted by atomic mass is 9.99. The van der Waals surface area contributed by atoms with Crippen molar-refractivity contribution in [2.45, 2.75) is 12.8 Å². The van der Waals surface area contributed by atoms with E-state index in [0.29, 0.717) is 17.5 Å². The number of fused-ring (bicyclic) bond motifs is 6. The van der Waals surface area contributed by atoms with Crippen LogP contribution in [-0.2, 0) is 6.42 Å². The number of benzene rings is 7. The molecule has 3 heterocycles. The van der Waals surface area contributed by atoms with Gasteiger partial charge in [0.2, 0.25) is 0 Å². The molecule has 11 rings (SSSR count). The van der Waals surface area contributed by atoms with E-state index in [0.717, 1.165) is 68.3 Å². The second-order valence-electron chi connectivity index (χ2n) is 14.3. The number of aryl methyl sites for hydroxylation is 1. The third-order valence-electron chi connectivity index (χ3n) is 10.9. The van der Waals surface area contributed by atoms with E-state index < -0.39 is 0 Å². The van der Waals surface area contributed by atoms with E-state index in [1.807, 2.05) is 48.5 Å². The molecule has 0 amide bonds. The maximum Gasteiger partial charge on any atom is 0.164 e. The topological polar surface area (TPSA) is 56.7 Å². The Morgan fingerprint density at radius 1 is 0.482 bits per heavy atom. The van der Waals surface area contributed by atoms with Crippen molar-refractivity contribution in [1.82, 2.24) is 19.5 Å². The van der Waals surface area contributed by atoms with Crippen LogP contribution in [0.1, 0.15) is 17.7 Å². The van der Waals surface area contributed by atoms with Crippen molar-refractivity contribution in [3.8, 4) is 62.1 Å². The van der Waals surface area contributed by atoms with E-state index in [1.54, 1.807) is 0 Å². The summed E-state index contributed by atoms with van der Waals surface area (Å²) in [5.74, 6) is 1.83. The largest absolute Gasteiger partial charge is 0.454 e. The highest BCUT2D eigenvalue weighted by Gasteiger charge is 2.24. The van der Waals surface area contributed by atoms with Crippen molar-refractivity contribution in [3.05, 3.63) is 187 Å². The van der Waals surface area contributed by atoms with Gasteiger partial charge in [0.25, 0.3) is 0 Å². The first kappa shape index (κ1) is 32.1. The van der Waals surface area contributed by atoms with E-state index >= 15 is 0 Å². The van der Waals surface area contributed by atoms with Crippen LogP contribution in [0.2, 0.25) is 0 Å². The predicted molar refractivity (Wildman–Crippen MR) is 228 cm³/mol. The van der Waals surface area contributed by atoms with Crippen LogP contribution >= 0.6 is 0 Å². The first-order chi connectivity index (χ1) is 27.8. The van der Waals surface area contributed by atoms with Crippen LogP contribution in [0.15, 0.2) is 180 Å². The number of allylic oxidation sites excluding steroid dienone is 1. The van der Waals surface area contributed by atoms with E-state index in [9.17, 15) is 0 Å². The standard InChI is InChI=1S/C51H34N4O/c1-4-15-33(16-5-1)36-21-12-22-38(31-36)50-52-49(35-19-8-3-9-20-35)53-51(54-50)42-25-14-28-46-47(42)41-24-13-27-44(48(41)56-46)55-43-26-11-10-23-39(43)40-30-29-37(32-45(40)55)34-17-6-2-7-18-34/h1-9,11-22,24-32H,10,23H2. The fourth-order valence-corrected chi connectivity index (χ4v) is 8.31. The Bertz CT molecular complexity index is 3120. The maximum atomic E-state index is 6.90. The fourth-order valence-electron chi connectivity index (χ4n) is 8.31. The quantitative estimate of drug-likeness (QED) is 0.172. The summed E-state index contributed by atoms with van der Waals surface area (Å²) in [4.78, 5) is 15.4. The fraction of sp³-hybridized carbons (Fsp3) is 0.0392. The normalized spacial score (nSPS) is 12.4. The zero-order chi connectivity index (χ0) is 37.0. The summed E-state index contributed by atoms with van der Waals surface area (Å²) in [6.45, 7) is 0. The smallest absolute Gasteiger partial charge is 0.164 e. The number of rotatable bonds is 6. The van der Waals surface area contributed by atoms with E-state index in [1.165, 1.54) is 33.3 Å². The van der Waals surface area contributed by atoms with Gasteiger partial charge >= 0.3 is 0 Å². The molecule has 1 aliphatic carbocycles. The van der Waals surface area contributed by atoms with Crippen LogP contribution in [0.5, 0.6) is 0 Å². The van der Waals surface area contributed by atoms with Crippen molar-refractivity contribution < 1.29 is 4.42 Å². The van der Waals surface area contributed by atoms with Gasteiger partial charge in [-0.15, -0.1) is 0 Å². The van der Waals surface area contributed by atoms with E-state index in [4.69, 9.17) is 19.4 Å². The first-order valence-corrected chi connectivity index (χ1v) is 19.1. The van der Waals surface area contributed by atoms with Gasteiger partial charge < -0.3 is 8.98 Å². The van der Waals surface area contributed by atoms with Crippen LogP contribution in [0, 0.1) is 0 Å². The highest BCUT2D eigenvalue weighted by atomic mass is 16.3. The summed E-state index contributed by atoms with van der Waals surface area (Å²) in [5.41, 5.74) is 13.7. The number of hydrogen-bond acceptors (Lipinski definition) is 4. The van der Waals surface area contributed by atoms with Crippen molar-refractivity contribution in [1.29, 1.82) is 0 Å². The van der Waals surface area contributed by atoms with Crippen molar-refractivity contribution in [2.75, 3.05) is 0 Å². The minimum absolute atomic E-state index is 0.594. The molecule has 0 N–H and O–H groups in total. The Balaban J connectivity index is 1.13. The Morgan fingerprint density at radius 3 is 1.88 bits per heavy atom. The summed E-state index contributed by atoms with van der Waals surface area (Å²) in [7, 11) is 0. The third kappa shape index (κ3) is 5.36. The Hall–Kier alpha value is -7.37. The van der Waals surface area contributed by atoms with Gasteiger partial charge in [0, 0.05) is 38.5 Å². The second kappa shape index (κ2) is 13.2. The molecule has 5 nitrogen and oxygen atoms in total. The molecular weight excluding hydrogens is 685 g/mol. The minimum Gasteiger partial charge on any atom is -0.454 e. The van der Waals surface area contributed by atoms with Gasteiger partial charge in [-0.05, 0) is 71.0 Å². The molecule has 1 aliphatic rings. The number of para-hydroxylation sites is 1. The van der Waals surface area contributed by atoms with Crippen LogP contribution in [0.25, 0.3) is 101 Å². The van der Waals surface area contributed by atoms with Gasteiger partial charge in [0.1, 0.15) is 5.58 Å². The van der Waals surface area contributed by atoms with Gasteiger partial charge in [-0.2, -0.15) is 0 Å². The molecular formula is C51H34N4O. The molecule has 0 unspecified atom stereocenters. The van der Waals surface area contributed by atoms with Crippen molar-refractivity contribution in [2.24, 2.45) is 0 Å². The van der Waals surface area contributed by atoms with Crippen LogP contribution in [-0.4, -0.2) is 19.5 Å². The SMILES string of the molecule is C1=Cc2c(c3ccc(-c4ccccc4)cc3n2-c2cccc3c2oc2cccc(-c4nc(-c5ccccc5)nc(-c5cccc(-c6ccccc6)c5)n4)c23)CC1. The number of furan rings is 1. The molecule has 0 atom stereocenters. The van der Waals surface area contributed by atoms with Gasteiger partial charge in [0.05, 0.1) is 11.2 Å². The molecule has 10 aromatic rings. The monoisotopic (exact) mass is 718 g/mol. The van der Waals surface area contributed by atoms with Crippen molar-refractivity contribution >= 4 is 38.9 Å². The zero-order valence-electron chi connectivity index (χ0n) is 30.4. The average Bonchev–Trinajstić information content (AvgIpc) is 3.83. The molecule has 0 bridgehead atoms. The van der Waals surface area contributed by atoms with E-state index in [2.05, 4.69) is 138 Å². The summed E-state index contributed by atoms with van der Waals surface area (Å²) in [6, 6.07) is 59.1. The highest BCUT2D eigenvalue weighted by molar-refractivity contribution is 6.14. The van der Waals surface area contributed by atoms with E-state index in [-0.39, 0.29) is 0 Å². The first-order valence-electron chi connectivity index (χ1n) is 19.1. The number of nitrogens with zero attached hydrogens (tertiary/aromatic N) is 4. The summed E-state index contributed by atoms with van der Waals surface area (Å²) < 4.78 is 9.30. The summed E-state index contributed by atoms with van der Waals surface area (Å²) >= 11 is 0. The molecule has 0 fully saturated rings. The lowest BCUT2D eigenvalue weighted by Crippen LogP contribution is -2.01. The Morgan fingerprint density at radius 2 is 1.11 bits per heavy atom. The number of hydrogen-bond donors (Lipinski definition) is 0. The zero-order valence-corrected chi connectivity index (χ0v) is 30.4. The van der Waals surface area contributed by atoms with Gasteiger partial charge in [-0.3, -0.25) is 0 Å². The molecule has 5 heteroatoms. The molecule has 7 aromatic carbocycles. The summed E-state index contributed by atoms with van der Waals surface area (Å²) in [5, 5.41) is 3.27. The molecule has 0 saturated heterocycles.